The lowest BCUT2D eigenvalue weighted by Crippen LogP contribution is -2.24. The molecule has 1 unspecified atom stereocenters. The van der Waals surface area contributed by atoms with Gasteiger partial charge < -0.3 is 10.1 Å². The van der Waals surface area contributed by atoms with Crippen molar-refractivity contribution < 1.29 is 4.74 Å². The number of ether oxygens (including phenoxy) is 1. The van der Waals surface area contributed by atoms with E-state index in [2.05, 4.69) is 27.3 Å². The van der Waals surface area contributed by atoms with Gasteiger partial charge in [0.2, 0.25) is 0 Å². The van der Waals surface area contributed by atoms with Gasteiger partial charge in [-0.15, -0.1) is 0 Å². The predicted octanol–water partition coefficient (Wildman–Crippen LogP) is 3.16. The van der Waals surface area contributed by atoms with Gasteiger partial charge in [0.05, 0.1) is 18.2 Å². The van der Waals surface area contributed by atoms with Crippen LogP contribution < -0.4 is 5.32 Å². The van der Waals surface area contributed by atoms with Gasteiger partial charge >= 0.3 is 0 Å². The zero-order chi connectivity index (χ0) is 12.1. The standard InChI is InChI=1S/C13H15BrN2O/c14-12-6-10(7-15)3-4-13(12)16-8-11-2-1-5-17-9-11/h3-4,6,11,16H,1-2,5,8-9H2. The Morgan fingerprint density at radius 1 is 1.53 bits per heavy atom. The van der Waals surface area contributed by atoms with Crippen LogP contribution in [0, 0.1) is 17.2 Å². The average Bonchev–Trinajstić information content (AvgIpc) is 2.38. The number of anilines is 1. The third kappa shape index (κ3) is 3.45. The maximum atomic E-state index is 8.78. The highest BCUT2D eigenvalue weighted by Gasteiger charge is 2.13. The summed E-state index contributed by atoms with van der Waals surface area (Å²) in [7, 11) is 0. The van der Waals surface area contributed by atoms with Crippen LogP contribution in [0.2, 0.25) is 0 Å². The molecule has 17 heavy (non-hydrogen) atoms. The van der Waals surface area contributed by atoms with Gasteiger partial charge in [-0.25, -0.2) is 0 Å². The summed E-state index contributed by atoms with van der Waals surface area (Å²) in [5, 5.41) is 12.2. The van der Waals surface area contributed by atoms with E-state index in [4.69, 9.17) is 10.00 Å². The molecule has 1 N–H and O–H groups in total. The van der Waals surface area contributed by atoms with E-state index >= 15 is 0 Å². The van der Waals surface area contributed by atoms with E-state index in [1.165, 1.54) is 6.42 Å². The maximum Gasteiger partial charge on any atom is 0.0992 e. The molecule has 0 amide bonds. The van der Waals surface area contributed by atoms with Crippen molar-refractivity contribution >= 4 is 21.6 Å². The van der Waals surface area contributed by atoms with Gasteiger partial charge in [-0.3, -0.25) is 0 Å². The van der Waals surface area contributed by atoms with Crippen molar-refractivity contribution in [2.75, 3.05) is 25.1 Å². The second-order valence-corrected chi connectivity index (χ2v) is 5.12. The van der Waals surface area contributed by atoms with E-state index in [1.807, 2.05) is 18.2 Å². The number of nitrogens with one attached hydrogen (secondary N) is 1. The fourth-order valence-corrected chi connectivity index (χ4v) is 2.47. The second kappa shape index (κ2) is 6.04. The molecule has 0 radical (unpaired) electrons. The lowest BCUT2D eigenvalue weighted by Gasteiger charge is -2.23. The molecular weight excluding hydrogens is 280 g/mol. The smallest absolute Gasteiger partial charge is 0.0992 e. The molecule has 1 aromatic rings. The summed E-state index contributed by atoms with van der Waals surface area (Å²) in [4.78, 5) is 0. The minimum atomic E-state index is 0.589. The Morgan fingerprint density at radius 2 is 2.41 bits per heavy atom. The predicted molar refractivity (Wildman–Crippen MR) is 70.9 cm³/mol. The van der Waals surface area contributed by atoms with Crippen LogP contribution in [0.25, 0.3) is 0 Å². The van der Waals surface area contributed by atoms with Crippen molar-refractivity contribution in [2.45, 2.75) is 12.8 Å². The van der Waals surface area contributed by atoms with Crippen molar-refractivity contribution in [2.24, 2.45) is 5.92 Å². The summed E-state index contributed by atoms with van der Waals surface area (Å²) in [6.07, 6.45) is 2.38. The molecule has 1 aliphatic rings. The Labute approximate surface area is 110 Å². The van der Waals surface area contributed by atoms with Crippen LogP contribution in [0.4, 0.5) is 5.69 Å². The summed E-state index contributed by atoms with van der Waals surface area (Å²) in [5.41, 5.74) is 1.71. The summed E-state index contributed by atoms with van der Waals surface area (Å²) in [6.45, 7) is 2.67. The summed E-state index contributed by atoms with van der Waals surface area (Å²) < 4.78 is 6.38. The number of nitrogens with zero attached hydrogens (tertiary/aromatic N) is 1. The molecular formula is C13H15BrN2O. The quantitative estimate of drug-likeness (QED) is 0.931. The molecule has 1 aliphatic heterocycles. The molecule has 0 spiro atoms. The van der Waals surface area contributed by atoms with E-state index in [9.17, 15) is 0 Å². The van der Waals surface area contributed by atoms with Crippen molar-refractivity contribution in [3.8, 4) is 6.07 Å². The third-order valence-electron chi connectivity index (χ3n) is 2.93. The van der Waals surface area contributed by atoms with Crippen LogP contribution in [0.5, 0.6) is 0 Å². The van der Waals surface area contributed by atoms with Crippen molar-refractivity contribution in [1.29, 1.82) is 5.26 Å². The Hall–Kier alpha value is -1.05. The number of halogens is 1. The number of hydrogen-bond donors (Lipinski definition) is 1. The maximum absolute atomic E-state index is 8.78. The van der Waals surface area contributed by atoms with Gasteiger partial charge in [0.15, 0.2) is 0 Å². The topological polar surface area (TPSA) is 45.0 Å². The summed E-state index contributed by atoms with van der Waals surface area (Å²) in [5.74, 6) is 0.589. The Bertz CT molecular complexity index is 422. The minimum Gasteiger partial charge on any atom is -0.384 e. The molecule has 1 atom stereocenters. The molecule has 1 saturated heterocycles. The fraction of sp³-hybridized carbons (Fsp3) is 0.462. The van der Waals surface area contributed by atoms with Gasteiger partial charge in [-0.05, 0) is 52.9 Å². The molecule has 0 saturated carbocycles. The van der Waals surface area contributed by atoms with Crippen LogP contribution in [0.15, 0.2) is 22.7 Å². The first-order valence-corrected chi connectivity index (χ1v) is 6.60. The number of rotatable bonds is 3. The zero-order valence-electron chi connectivity index (χ0n) is 9.58. The van der Waals surface area contributed by atoms with Gasteiger partial charge in [-0.1, -0.05) is 0 Å². The lowest BCUT2D eigenvalue weighted by molar-refractivity contribution is 0.0595. The Balaban J connectivity index is 1.92. The third-order valence-corrected chi connectivity index (χ3v) is 3.59. The van der Waals surface area contributed by atoms with E-state index in [1.54, 1.807) is 0 Å². The SMILES string of the molecule is N#Cc1ccc(NCC2CCCOC2)c(Br)c1. The fourth-order valence-electron chi connectivity index (χ4n) is 1.95. The molecule has 3 nitrogen and oxygen atoms in total. The summed E-state index contributed by atoms with van der Waals surface area (Å²) >= 11 is 3.47. The van der Waals surface area contributed by atoms with E-state index in [0.717, 1.165) is 36.3 Å². The first kappa shape index (κ1) is 12.4. The molecule has 2 rings (SSSR count). The number of hydrogen-bond acceptors (Lipinski definition) is 3. The normalized spacial score (nSPS) is 19.6. The van der Waals surface area contributed by atoms with Gasteiger partial charge in [-0.2, -0.15) is 5.26 Å². The first-order chi connectivity index (χ1) is 8.29. The Morgan fingerprint density at radius 3 is 3.06 bits per heavy atom. The van der Waals surface area contributed by atoms with Crippen LogP contribution in [-0.4, -0.2) is 19.8 Å². The van der Waals surface area contributed by atoms with E-state index in [-0.39, 0.29) is 0 Å². The lowest BCUT2D eigenvalue weighted by atomic mass is 10.0. The number of nitriles is 1. The molecule has 0 bridgehead atoms. The molecule has 0 aliphatic carbocycles. The second-order valence-electron chi connectivity index (χ2n) is 4.27. The zero-order valence-corrected chi connectivity index (χ0v) is 11.2. The van der Waals surface area contributed by atoms with Crippen LogP contribution >= 0.6 is 15.9 Å². The van der Waals surface area contributed by atoms with Crippen molar-refractivity contribution in [1.82, 2.24) is 0 Å². The van der Waals surface area contributed by atoms with Crippen LogP contribution in [-0.2, 0) is 4.74 Å². The molecule has 90 valence electrons. The van der Waals surface area contributed by atoms with E-state index < -0.39 is 0 Å². The Kier molecular flexibility index (Phi) is 4.41. The van der Waals surface area contributed by atoms with Gasteiger partial charge in [0.1, 0.15) is 0 Å². The average molecular weight is 295 g/mol. The highest BCUT2D eigenvalue weighted by Crippen LogP contribution is 2.24. The molecule has 1 aromatic carbocycles. The highest BCUT2D eigenvalue weighted by atomic mass is 79.9. The van der Waals surface area contributed by atoms with Gasteiger partial charge in [0, 0.05) is 23.3 Å². The van der Waals surface area contributed by atoms with E-state index in [0.29, 0.717) is 11.5 Å². The van der Waals surface area contributed by atoms with Crippen molar-refractivity contribution in [3.05, 3.63) is 28.2 Å². The molecule has 1 heterocycles. The first-order valence-electron chi connectivity index (χ1n) is 5.81. The van der Waals surface area contributed by atoms with Crippen molar-refractivity contribution in [3.63, 3.8) is 0 Å². The van der Waals surface area contributed by atoms with Crippen LogP contribution in [0.1, 0.15) is 18.4 Å². The van der Waals surface area contributed by atoms with Gasteiger partial charge in [0.25, 0.3) is 0 Å². The minimum absolute atomic E-state index is 0.589. The number of benzene rings is 1. The molecule has 4 heteroatoms. The van der Waals surface area contributed by atoms with Crippen LogP contribution in [0.3, 0.4) is 0 Å². The molecule has 1 fully saturated rings. The summed E-state index contributed by atoms with van der Waals surface area (Å²) in [6, 6.07) is 7.72. The highest BCUT2D eigenvalue weighted by molar-refractivity contribution is 9.10. The molecule has 0 aromatic heterocycles. The monoisotopic (exact) mass is 294 g/mol. The largest absolute Gasteiger partial charge is 0.384 e.